The third-order valence-corrected chi connectivity index (χ3v) is 3.89. The molecule has 1 aliphatic heterocycles. The van der Waals surface area contributed by atoms with Gasteiger partial charge in [-0.2, -0.15) is 0 Å². The Morgan fingerprint density at radius 3 is 2.94 bits per heavy atom. The van der Waals surface area contributed by atoms with Crippen molar-refractivity contribution >= 4 is 15.9 Å². The Kier molecular flexibility index (Phi) is 5.12. The SMILES string of the molecule is NCC(c1ccc(Br)c(F)c1)N1CCCOCC1. The number of halogens is 2. The Labute approximate surface area is 115 Å². The largest absolute Gasteiger partial charge is 0.380 e. The standard InChI is InChI=1S/C13H18BrFN2O/c14-11-3-2-10(8-12(11)15)13(9-16)17-4-1-6-18-7-5-17/h2-3,8,13H,1,4-7,9,16H2. The van der Waals surface area contributed by atoms with Crippen LogP contribution in [0.5, 0.6) is 0 Å². The molecule has 1 atom stereocenters. The van der Waals surface area contributed by atoms with Crippen molar-refractivity contribution in [2.75, 3.05) is 32.8 Å². The number of benzene rings is 1. The van der Waals surface area contributed by atoms with Gasteiger partial charge in [0.25, 0.3) is 0 Å². The minimum Gasteiger partial charge on any atom is -0.380 e. The summed E-state index contributed by atoms with van der Waals surface area (Å²) in [6.45, 7) is 3.79. The lowest BCUT2D eigenvalue weighted by Crippen LogP contribution is -2.35. The lowest BCUT2D eigenvalue weighted by molar-refractivity contribution is 0.132. The van der Waals surface area contributed by atoms with Crippen LogP contribution in [0.1, 0.15) is 18.0 Å². The van der Waals surface area contributed by atoms with E-state index < -0.39 is 0 Å². The van der Waals surface area contributed by atoms with Gasteiger partial charge in [-0.1, -0.05) is 6.07 Å². The first kappa shape index (κ1) is 13.9. The Hall–Kier alpha value is -0.490. The number of nitrogens with two attached hydrogens (primary N) is 1. The average Bonchev–Trinajstić information content (AvgIpc) is 2.64. The molecule has 1 heterocycles. The summed E-state index contributed by atoms with van der Waals surface area (Å²) in [6, 6.07) is 5.29. The van der Waals surface area contributed by atoms with E-state index in [4.69, 9.17) is 10.5 Å². The summed E-state index contributed by atoms with van der Waals surface area (Å²) in [7, 11) is 0. The Bertz CT molecular complexity index is 395. The van der Waals surface area contributed by atoms with Crippen LogP contribution < -0.4 is 5.73 Å². The maximum absolute atomic E-state index is 13.6. The van der Waals surface area contributed by atoms with Gasteiger partial charge in [0.15, 0.2) is 0 Å². The highest BCUT2D eigenvalue weighted by atomic mass is 79.9. The summed E-state index contributed by atoms with van der Waals surface area (Å²) in [6.07, 6.45) is 0.996. The lowest BCUT2D eigenvalue weighted by atomic mass is 10.0. The Morgan fingerprint density at radius 2 is 2.22 bits per heavy atom. The highest BCUT2D eigenvalue weighted by Gasteiger charge is 2.21. The first-order valence-corrected chi connectivity index (χ1v) is 6.98. The minimum absolute atomic E-state index is 0.0642. The second-order valence-electron chi connectivity index (χ2n) is 4.43. The summed E-state index contributed by atoms with van der Waals surface area (Å²) in [4.78, 5) is 2.27. The molecule has 0 saturated carbocycles. The molecule has 5 heteroatoms. The highest BCUT2D eigenvalue weighted by molar-refractivity contribution is 9.10. The van der Waals surface area contributed by atoms with Crippen LogP contribution in [0.15, 0.2) is 22.7 Å². The molecule has 1 aliphatic rings. The summed E-state index contributed by atoms with van der Waals surface area (Å²) >= 11 is 3.17. The first-order chi connectivity index (χ1) is 8.72. The molecular formula is C13H18BrFN2O. The van der Waals surface area contributed by atoms with Crippen molar-refractivity contribution in [1.29, 1.82) is 0 Å². The van der Waals surface area contributed by atoms with Crippen molar-refractivity contribution in [2.24, 2.45) is 5.73 Å². The molecule has 1 saturated heterocycles. The van der Waals surface area contributed by atoms with Gasteiger partial charge in [0, 0.05) is 32.3 Å². The molecule has 0 aliphatic carbocycles. The second kappa shape index (κ2) is 6.61. The van der Waals surface area contributed by atoms with Crippen molar-refractivity contribution in [3.8, 4) is 0 Å². The van der Waals surface area contributed by atoms with Crippen molar-refractivity contribution in [1.82, 2.24) is 4.90 Å². The van der Waals surface area contributed by atoms with Gasteiger partial charge in [0.1, 0.15) is 5.82 Å². The number of rotatable bonds is 3. The van der Waals surface area contributed by atoms with Gasteiger partial charge in [-0.3, -0.25) is 4.90 Å². The van der Waals surface area contributed by atoms with E-state index in [2.05, 4.69) is 20.8 Å². The molecule has 2 rings (SSSR count). The van der Waals surface area contributed by atoms with E-state index in [1.54, 1.807) is 12.1 Å². The zero-order valence-corrected chi connectivity index (χ0v) is 11.8. The summed E-state index contributed by atoms with van der Waals surface area (Å²) in [5.41, 5.74) is 6.79. The predicted molar refractivity (Wildman–Crippen MR) is 72.9 cm³/mol. The quantitative estimate of drug-likeness (QED) is 0.930. The van der Waals surface area contributed by atoms with E-state index in [9.17, 15) is 4.39 Å². The molecule has 0 aromatic heterocycles. The van der Waals surface area contributed by atoms with Crippen LogP contribution >= 0.6 is 15.9 Å². The van der Waals surface area contributed by atoms with E-state index in [0.717, 1.165) is 38.3 Å². The maximum atomic E-state index is 13.6. The Morgan fingerprint density at radius 1 is 1.39 bits per heavy atom. The molecule has 1 unspecified atom stereocenters. The van der Waals surface area contributed by atoms with Crippen LogP contribution in [0.4, 0.5) is 4.39 Å². The Balaban J connectivity index is 2.17. The van der Waals surface area contributed by atoms with Crippen molar-refractivity contribution < 1.29 is 9.13 Å². The molecule has 18 heavy (non-hydrogen) atoms. The number of hydrogen-bond acceptors (Lipinski definition) is 3. The lowest BCUT2D eigenvalue weighted by Gasteiger charge is -2.29. The number of hydrogen-bond donors (Lipinski definition) is 1. The molecule has 1 fully saturated rings. The monoisotopic (exact) mass is 316 g/mol. The number of ether oxygens (including phenoxy) is 1. The third-order valence-electron chi connectivity index (χ3n) is 3.25. The van der Waals surface area contributed by atoms with Gasteiger partial charge in [0.2, 0.25) is 0 Å². The van der Waals surface area contributed by atoms with E-state index >= 15 is 0 Å². The molecular weight excluding hydrogens is 299 g/mol. The molecule has 3 nitrogen and oxygen atoms in total. The molecule has 0 amide bonds. The van der Waals surface area contributed by atoms with E-state index in [1.807, 2.05) is 6.07 Å². The molecule has 1 aromatic carbocycles. The van der Waals surface area contributed by atoms with Crippen LogP contribution in [0.25, 0.3) is 0 Å². The fourth-order valence-electron chi connectivity index (χ4n) is 2.29. The fourth-order valence-corrected chi connectivity index (χ4v) is 2.54. The minimum atomic E-state index is -0.239. The molecule has 0 radical (unpaired) electrons. The molecule has 2 N–H and O–H groups in total. The highest BCUT2D eigenvalue weighted by Crippen LogP contribution is 2.25. The topological polar surface area (TPSA) is 38.5 Å². The van der Waals surface area contributed by atoms with E-state index in [-0.39, 0.29) is 11.9 Å². The summed E-state index contributed by atoms with van der Waals surface area (Å²) in [5, 5.41) is 0. The zero-order valence-electron chi connectivity index (χ0n) is 10.2. The zero-order chi connectivity index (χ0) is 13.0. The second-order valence-corrected chi connectivity index (χ2v) is 5.28. The van der Waals surface area contributed by atoms with Crippen molar-refractivity contribution in [3.63, 3.8) is 0 Å². The smallest absolute Gasteiger partial charge is 0.137 e. The maximum Gasteiger partial charge on any atom is 0.137 e. The first-order valence-electron chi connectivity index (χ1n) is 6.19. The van der Waals surface area contributed by atoms with Gasteiger partial charge in [-0.25, -0.2) is 4.39 Å². The molecule has 1 aromatic rings. The van der Waals surface area contributed by atoms with Gasteiger partial charge in [0.05, 0.1) is 11.1 Å². The van der Waals surface area contributed by atoms with Crippen LogP contribution in [-0.4, -0.2) is 37.7 Å². The van der Waals surface area contributed by atoms with Crippen LogP contribution in [0.3, 0.4) is 0 Å². The predicted octanol–water partition coefficient (Wildman–Crippen LogP) is 2.31. The normalized spacial score (nSPS) is 19.5. The van der Waals surface area contributed by atoms with Gasteiger partial charge in [-0.15, -0.1) is 0 Å². The molecule has 0 bridgehead atoms. The van der Waals surface area contributed by atoms with Gasteiger partial charge < -0.3 is 10.5 Å². The average molecular weight is 317 g/mol. The third kappa shape index (κ3) is 3.29. The van der Waals surface area contributed by atoms with Crippen molar-refractivity contribution in [3.05, 3.63) is 34.1 Å². The summed E-state index contributed by atoms with van der Waals surface area (Å²) < 4.78 is 19.5. The van der Waals surface area contributed by atoms with E-state index in [1.165, 1.54) is 0 Å². The van der Waals surface area contributed by atoms with Crippen molar-refractivity contribution in [2.45, 2.75) is 12.5 Å². The van der Waals surface area contributed by atoms with E-state index in [0.29, 0.717) is 11.0 Å². The summed E-state index contributed by atoms with van der Waals surface area (Å²) in [5.74, 6) is -0.239. The molecule has 100 valence electrons. The molecule has 0 spiro atoms. The van der Waals surface area contributed by atoms with Crippen LogP contribution in [0, 0.1) is 5.82 Å². The van der Waals surface area contributed by atoms with Gasteiger partial charge >= 0.3 is 0 Å². The number of nitrogens with zero attached hydrogens (tertiary/aromatic N) is 1. The van der Waals surface area contributed by atoms with Gasteiger partial charge in [-0.05, 0) is 40.0 Å². The fraction of sp³-hybridized carbons (Fsp3) is 0.538. The van der Waals surface area contributed by atoms with Crippen LogP contribution in [0.2, 0.25) is 0 Å². The van der Waals surface area contributed by atoms with Crippen LogP contribution in [-0.2, 0) is 4.74 Å².